The standard InChI is InChI=1S/C15H33N3/c1-13(2)16-15-8-6-10-18(12-15)11-7-9-17(5)14(3)4/h13-16H,6-12H2,1-5H3. The van der Waals surface area contributed by atoms with Gasteiger partial charge in [0, 0.05) is 24.7 Å². The summed E-state index contributed by atoms with van der Waals surface area (Å²) in [5.74, 6) is 0. The van der Waals surface area contributed by atoms with Gasteiger partial charge < -0.3 is 15.1 Å². The third kappa shape index (κ3) is 6.17. The number of nitrogens with one attached hydrogen (secondary N) is 1. The summed E-state index contributed by atoms with van der Waals surface area (Å²) in [4.78, 5) is 5.07. The van der Waals surface area contributed by atoms with Gasteiger partial charge in [-0.3, -0.25) is 0 Å². The van der Waals surface area contributed by atoms with E-state index in [0.29, 0.717) is 18.1 Å². The summed E-state index contributed by atoms with van der Waals surface area (Å²) in [5.41, 5.74) is 0. The summed E-state index contributed by atoms with van der Waals surface area (Å²) in [7, 11) is 2.23. The average Bonchev–Trinajstić information content (AvgIpc) is 2.28. The van der Waals surface area contributed by atoms with Crippen LogP contribution in [-0.2, 0) is 0 Å². The molecule has 1 aliphatic heterocycles. The second-order valence-electron chi connectivity index (χ2n) is 6.39. The molecule has 0 spiro atoms. The van der Waals surface area contributed by atoms with Crippen LogP contribution in [0, 0.1) is 0 Å². The molecular weight excluding hydrogens is 222 g/mol. The molecule has 18 heavy (non-hydrogen) atoms. The minimum absolute atomic E-state index is 0.613. The van der Waals surface area contributed by atoms with Crippen molar-refractivity contribution < 1.29 is 0 Å². The predicted molar refractivity (Wildman–Crippen MR) is 80.1 cm³/mol. The van der Waals surface area contributed by atoms with Gasteiger partial charge in [0.1, 0.15) is 0 Å². The molecule has 0 radical (unpaired) electrons. The molecule has 1 N–H and O–H groups in total. The first-order chi connectivity index (χ1) is 8.49. The second-order valence-corrected chi connectivity index (χ2v) is 6.39. The fraction of sp³-hybridized carbons (Fsp3) is 1.00. The van der Waals surface area contributed by atoms with E-state index >= 15 is 0 Å². The zero-order valence-electron chi connectivity index (χ0n) is 13.1. The van der Waals surface area contributed by atoms with Crippen molar-refractivity contribution in [3.8, 4) is 0 Å². The van der Waals surface area contributed by atoms with E-state index in [-0.39, 0.29) is 0 Å². The third-order valence-corrected chi connectivity index (χ3v) is 3.94. The van der Waals surface area contributed by atoms with Crippen molar-refractivity contribution in [3.05, 3.63) is 0 Å². The first-order valence-corrected chi connectivity index (χ1v) is 7.67. The molecule has 1 aliphatic rings. The Kier molecular flexibility index (Phi) is 7.20. The lowest BCUT2D eigenvalue weighted by Crippen LogP contribution is -2.48. The smallest absolute Gasteiger partial charge is 0.0197 e. The lowest BCUT2D eigenvalue weighted by atomic mass is 10.0. The van der Waals surface area contributed by atoms with E-state index in [4.69, 9.17) is 0 Å². The van der Waals surface area contributed by atoms with Crippen molar-refractivity contribution in [2.75, 3.05) is 33.2 Å². The lowest BCUT2D eigenvalue weighted by Gasteiger charge is -2.34. The molecule has 1 fully saturated rings. The molecule has 108 valence electrons. The number of rotatable bonds is 7. The highest BCUT2D eigenvalue weighted by atomic mass is 15.2. The van der Waals surface area contributed by atoms with Crippen molar-refractivity contribution in [2.24, 2.45) is 0 Å². The molecule has 1 heterocycles. The molecule has 0 amide bonds. The molecule has 1 rings (SSSR count). The van der Waals surface area contributed by atoms with Crippen LogP contribution in [0.15, 0.2) is 0 Å². The Morgan fingerprint density at radius 2 is 2.00 bits per heavy atom. The fourth-order valence-electron chi connectivity index (χ4n) is 2.67. The van der Waals surface area contributed by atoms with Crippen LogP contribution >= 0.6 is 0 Å². The van der Waals surface area contributed by atoms with E-state index in [1.807, 2.05) is 0 Å². The van der Waals surface area contributed by atoms with Crippen LogP contribution in [0.1, 0.15) is 47.0 Å². The normalized spacial score (nSPS) is 22.3. The summed E-state index contributed by atoms with van der Waals surface area (Å²) in [6.45, 7) is 14.0. The molecule has 0 bridgehead atoms. The highest BCUT2D eigenvalue weighted by Crippen LogP contribution is 2.11. The van der Waals surface area contributed by atoms with Crippen LogP contribution < -0.4 is 5.32 Å². The Morgan fingerprint density at radius 3 is 2.61 bits per heavy atom. The largest absolute Gasteiger partial charge is 0.311 e. The Bertz CT molecular complexity index is 216. The van der Waals surface area contributed by atoms with Crippen LogP contribution in [0.4, 0.5) is 0 Å². The van der Waals surface area contributed by atoms with Gasteiger partial charge in [-0.05, 0) is 59.8 Å². The monoisotopic (exact) mass is 255 g/mol. The maximum atomic E-state index is 3.68. The molecule has 1 saturated heterocycles. The Hall–Kier alpha value is -0.120. The van der Waals surface area contributed by atoms with Gasteiger partial charge in [-0.1, -0.05) is 13.8 Å². The molecule has 1 atom stereocenters. The van der Waals surface area contributed by atoms with Crippen molar-refractivity contribution >= 4 is 0 Å². The molecule has 0 saturated carbocycles. The lowest BCUT2D eigenvalue weighted by molar-refractivity contribution is 0.171. The SMILES string of the molecule is CC(C)NC1CCCN(CCCN(C)C(C)C)C1. The van der Waals surface area contributed by atoms with Gasteiger partial charge in [-0.2, -0.15) is 0 Å². The van der Waals surface area contributed by atoms with E-state index < -0.39 is 0 Å². The van der Waals surface area contributed by atoms with Gasteiger partial charge in [-0.15, -0.1) is 0 Å². The maximum absolute atomic E-state index is 3.68. The van der Waals surface area contributed by atoms with Gasteiger partial charge in [0.05, 0.1) is 0 Å². The molecule has 0 aromatic rings. The highest BCUT2D eigenvalue weighted by molar-refractivity contribution is 4.79. The molecule has 3 nitrogen and oxygen atoms in total. The Balaban J connectivity index is 2.18. The van der Waals surface area contributed by atoms with Crippen LogP contribution in [0.5, 0.6) is 0 Å². The van der Waals surface area contributed by atoms with E-state index in [1.165, 1.54) is 45.4 Å². The molecule has 0 aromatic heterocycles. The van der Waals surface area contributed by atoms with E-state index in [1.54, 1.807) is 0 Å². The minimum Gasteiger partial charge on any atom is -0.311 e. The van der Waals surface area contributed by atoms with Gasteiger partial charge in [0.25, 0.3) is 0 Å². The zero-order valence-corrected chi connectivity index (χ0v) is 13.1. The van der Waals surface area contributed by atoms with E-state index in [0.717, 1.165) is 0 Å². The minimum atomic E-state index is 0.613. The second kappa shape index (κ2) is 8.13. The summed E-state index contributed by atoms with van der Waals surface area (Å²) in [6, 6.07) is 1.99. The summed E-state index contributed by atoms with van der Waals surface area (Å²) in [6.07, 6.45) is 3.99. The summed E-state index contributed by atoms with van der Waals surface area (Å²) >= 11 is 0. The molecule has 0 aliphatic carbocycles. The number of piperidine rings is 1. The maximum Gasteiger partial charge on any atom is 0.0197 e. The zero-order chi connectivity index (χ0) is 13.5. The van der Waals surface area contributed by atoms with Crippen molar-refractivity contribution in [3.63, 3.8) is 0 Å². The van der Waals surface area contributed by atoms with Gasteiger partial charge >= 0.3 is 0 Å². The van der Waals surface area contributed by atoms with Gasteiger partial charge in [0.15, 0.2) is 0 Å². The highest BCUT2D eigenvalue weighted by Gasteiger charge is 2.19. The number of hydrogen-bond acceptors (Lipinski definition) is 3. The van der Waals surface area contributed by atoms with Crippen LogP contribution in [0.25, 0.3) is 0 Å². The average molecular weight is 255 g/mol. The van der Waals surface area contributed by atoms with E-state index in [9.17, 15) is 0 Å². The van der Waals surface area contributed by atoms with Crippen LogP contribution in [0.3, 0.4) is 0 Å². The summed E-state index contributed by atoms with van der Waals surface area (Å²) < 4.78 is 0. The van der Waals surface area contributed by atoms with E-state index in [2.05, 4.69) is 49.9 Å². The summed E-state index contributed by atoms with van der Waals surface area (Å²) in [5, 5.41) is 3.68. The number of hydrogen-bond donors (Lipinski definition) is 1. The molecule has 0 aromatic carbocycles. The number of likely N-dealkylation sites (tertiary alicyclic amines) is 1. The molecular formula is C15H33N3. The first-order valence-electron chi connectivity index (χ1n) is 7.67. The quantitative estimate of drug-likeness (QED) is 0.752. The number of nitrogens with zero attached hydrogens (tertiary/aromatic N) is 2. The topological polar surface area (TPSA) is 18.5 Å². The van der Waals surface area contributed by atoms with Gasteiger partial charge in [-0.25, -0.2) is 0 Å². The van der Waals surface area contributed by atoms with Crippen molar-refractivity contribution in [1.29, 1.82) is 0 Å². The van der Waals surface area contributed by atoms with Crippen LogP contribution in [0.2, 0.25) is 0 Å². The van der Waals surface area contributed by atoms with Crippen molar-refractivity contribution in [2.45, 2.75) is 65.1 Å². The predicted octanol–water partition coefficient (Wildman–Crippen LogP) is 2.18. The van der Waals surface area contributed by atoms with Gasteiger partial charge in [0.2, 0.25) is 0 Å². The Labute approximate surface area is 114 Å². The third-order valence-electron chi connectivity index (χ3n) is 3.94. The van der Waals surface area contributed by atoms with Crippen LogP contribution in [-0.4, -0.2) is 61.2 Å². The Morgan fingerprint density at radius 1 is 1.28 bits per heavy atom. The first kappa shape index (κ1) is 15.9. The van der Waals surface area contributed by atoms with Crippen molar-refractivity contribution in [1.82, 2.24) is 15.1 Å². The molecule has 1 unspecified atom stereocenters. The fourth-order valence-corrected chi connectivity index (χ4v) is 2.67. The molecule has 3 heteroatoms.